The Bertz CT molecular complexity index is 440. The van der Waals surface area contributed by atoms with E-state index in [1.165, 1.54) is 4.90 Å². The second kappa shape index (κ2) is 5.97. The Labute approximate surface area is 119 Å². The van der Waals surface area contributed by atoms with E-state index < -0.39 is 11.5 Å². The predicted molar refractivity (Wildman–Crippen MR) is 78.8 cm³/mol. The van der Waals surface area contributed by atoms with Crippen LogP contribution in [-0.4, -0.2) is 40.9 Å². The molecule has 4 heteroatoms. The summed E-state index contributed by atoms with van der Waals surface area (Å²) >= 11 is 1.70. The van der Waals surface area contributed by atoms with Crippen LogP contribution < -0.4 is 0 Å². The molecule has 0 amide bonds. The fourth-order valence-electron chi connectivity index (χ4n) is 2.67. The van der Waals surface area contributed by atoms with Crippen molar-refractivity contribution in [2.45, 2.75) is 36.6 Å². The molecule has 1 N–H and O–H groups in total. The van der Waals surface area contributed by atoms with Crippen molar-refractivity contribution in [2.75, 3.05) is 19.3 Å². The van der Waals surface area contributed by atoms with Gasteiger partial charge in [-0.1, -0.05) is 12.1 Å². The van der Waals surface area contributed by atoms with Gasteiger partial charge in [-0.2, -0.15) is 0 Å². The number of likely N-dealkylation sites (tertiary alicyclic amines) is 1. The highest BCUT2D eigenvalue weighted by Gasteiger charge is 2.40. The number of carboxylic acid groups (broad SMARTS) is 1. The highest BCUT2D eigenvalue weighted by Crippen LogP contribution is 2.26. The first kappa shape index (κ1) is 14.4. The number of nitrogens with zero attached hydrogens (tertiary/aromatic N) is 1. The van der Waals surface area contributed by atoms with Crippen molar-refractivity contribution >= 4 is 17.7 Å². The van der Waals surface area contributed by atoms with Crippen molar-refractivity contribution < 1.29 is 9.90 Å². The normalized spacial score (nSPS) is 19.3. The van der Waals surface area contributed by atoms with Gasteiger partial charge in [-0.3, -0.25) is 9.69 Å². The highest BCUT2D eigenvalue weighted by atomic mass is 32.2. The largest absolute Gasteiger partial charge is 0.480 e. The van der Waals surface area contributed by atoms with Gasteiger partial charge in [0.1, 0.15) is 5.54 Å². The third-order valence-electron chi connectivity index (χ3n) is 3.97. The first-order chi connectivity index (χ1) is 9.06. The second-order valence-electron chi connectivity index (χ2n) is 5.30. The fourth-order valence-corrected chi connectivity index (χ4v) is 3.08. The minimum atomic E-state index is -0.780. The maximum absolute atomic E-state index is 11.7. The lowest BCUT2D eigenvalue weighted by atomic mass is 9.91. The van der Waals surface area contributed by atoms with Crippen molar-refractivity contribution in [3.63, 3.8) is 0 Å². The van der Waals surface area contributed by atoms with Gasteiger partial charge in [0.25, 0.3) is 0 Å². The van der Waals surface area contributed by atoms with E-state index in [4.69, 9.17) is 0 Å². The molecule has 0 aromatic heterocycles. The van der Waals surface area contributed by atoms with E-state index in [2.05, 4.69) is 17.0 Å². The van der Waals surface area contributed by atoms with E-state index in [0.717, 1.165) is 31.5 Å². The zero-order valence-electron chi connectivity index (χ0n) is 11.6. The predicted octanol–water partition coefficient (Wildman–Crippen LogP) is 2.89. The Balaban J connectivity index is 2.17. The van der Waals surface area contributed by atoms with Gasteiger partial charge in [0.15, 0.2) is 0 Å². The second-order valence-corrected chi connectivity index (χ2v) is 6.18. The molecule has 0 spiro atoms. The lowest BCUT2D eigenvalue weighted by molar-refractivity contribution is -0.149. The summed E-state index contributed by atoms with van der Waals surface area (Å²) in [6, 6.07) is 8.21. The Hall–Kier alpha value is -1.00. The molecule has 1 aromatic carbocycles. The van der Waals surface area contributed by atoms with Gasteiger partial charge in [0, 0.05) is 11.3 Å². The Morgan fingerprint density at radius 3 is 2.37 bits per heavy atom. The van der Waals surface area contributed by atoms with E-state index in [1.54, 1.807) is 11.8 Å². The van der Waals surface area contributed by atoms with Crippen LogP contribution >= 0.6 is 11.8 Å². The molecule has 1 heterocycles. The van der Waals surface area contributed by atoms with Crippen molar-refractivity contribution in [1.29, 1.82) is 0 Å². The molecule has 1 atom stereocenters. The van der Waals surface area contributed by atoms with E-state index >= 15 is 0 Å². The summed E-state index contributed by atoms with van der Waals surface area (Å²) in [4.78, 5) is 15.0. The Morgan fingerprint density at radius 2 is 1.89 bits per heavy atom. The first-order valence-electron chi connectivity index (χ1n) is 6.67. The molecule has 1 aliphatic rings. The summed E-state index contributed by atoms with van der Waals surface area (Å²) in [6.45, 7) is 3.64. The molecule has 0 aliphatic carbocycles. The monoisotopic (exact) mass is 279 g/mol. The lowest BCUT2D eigenvalue weighted by Crippen LogP contribution is -2.52. The molecular weight excluding hydrogens is 258 g/mol. The first-order valence-corrected chi connectivity index (χ1v) is 7.90. The van der Waals surface area contributed by atoms with Crippen molar-refractivity contribution in [3.8, 4) is 0 Å². The van der Waals surface area contributed by atoms with Crippen LogP contribution in [0.4, 0.5) is 0 Å². The number of rotatable bonds is 5. The summed E-state index contributed by atoms with van der Waals surface area (Å²) in [5, 5.41) is 9.61. The van der Waals surface area contributed by atoms with Gasteiger partial charge in [0.05, 0.1) is 0 Å². The summed E-state index contributed by atoms with van der Waals surface area (Å²) in [5.74, 6) is -0.719. The number of benzene rings is 1. The summed E-state index contributed by atoms with van der Waals surface area (Å²) in [7, 11) is 0. The van der Waals surface area contributed by atoms with Crippen LogP contribution in [0.25, 0.3) is 0 Å². The van der Waals surface area contributed by atoms with E-state index in [0.29, 0.717) is 6.42 Å². The summed E-state index contributed by atoms with van der Waals surface area (Å²) in [5.41, 5.74) is 0.312. The van der Waals surface area contributed by atoms with Crippen LogP contribution in [0.1, 0.15) is 25.3 Å². The molecule has 2 rings (SSSR count). The molecule has 1 saturated heterocycles. The van der Waals surface area contributed by atoms with Crippen LogP contribution in [0.3, 0.4) is 0 Å². The third kappa shape index (κ3) is 3.12. The molecule has 0 bridgehead atoms. The van der Waals surface area contributed by atoms with Gasteiger partial charge in [-0.15, -0.1) is 11.8 Å². The van der Waals surface area contributed by atoms with Crippen LogP contribution in [0.5, 0.6) is 0 Å². The number of carbonyl (C=O) groups is 1. The molecule has 3 nitrogen and oxygen atoms in total. The van der Waals surface area contributed by atoms with Crippen molar-refractivity contribution in [1.82, 2.24) is 4.90 Å². The Morgan fingerprint density at radius 1 is 1.32 bits per heavy atom. The quantitative estimate of drug-likeness (QED) is 0.841. The number of thioether (sulfide) groups is 1. The Kier molecular flexibility index (Phi) is 4.53. The smallest absolute Gasteiger partial charge is 0.324 e. The molecule has 104 valence electrons. The van der Waals surface area contributed by atoms with Gasteiger partial charge < -0.3 is 5.11 Å². The zero-order chi connectivity index (χ0) is 13.9. The van der Waals surface area contributed by atoms with E-state index in [-0.39, 0.29) is 0 Å². The molecule has 19 heavy (non-hydrogen) atoms. The van der Waals surface area contributed by atoms with Gasteiger partial charge in [-0.25, -0.2) is 0 Å². The maximum Gasteiger partial charge on any atom is 0.324 e. The standard InChI is InChI=1S/C15H21NO2S/c1-15(14(17)18,16-9-3-4-10-16)11-12-5-7-13(19-2)8-6-12/h5-8H,3-4,9-11H2,1-2H3,(H,17,18). The molecule has 1 aliphatic heterocycles. The molecular formula is C15H21NO2S. The van der Waals surface area contributed by atoms with Crippen LogP contribution in [0.2, 0.25) is 0 Å². The minimum Gasteiger partial charge on any atom is -0.480 e. The third-order valence-corrected chi connectivity index (χ3v) is 4.72. The summed E-state index contributed by atoms with van der Waals surface area (Å²) < 4.78 is 0. The number of aliphatic carboxylic acids is 1. The van der Waals surface area contributed by atoms with Crippen LogP contribution in [-0.2, 0) is 11.2 Å². The molecule has 0 radical (unpaired) electrons. The number of hydrogen-bond acceptors (Lipinski definition) is 3. The van der Waals surface area contributed by atoms with E-state index in [1.807, 2.05) is 25.3 Å². The van der Waals surface area contributed by atoms with Crippen LogP contribution in [0, 0.1) is 0 Å². The SMILES string of the molecule is CSc1ccc(CC(C)(C(=O)O)N2CCCC2)cc1. The van der Waals surface area contributed by atoms with Crippen LogP contribution in [0.15, 0.2) is 29.2 Å². The van der Waals surface area contributed by atoms with Crippen molar-refractivity contribution in [3.05, 3.63) is 29.8 Å². The minimum absolute atomic E-state index is 0.566. The number of carboxylic acids is 1. The average molecular weight is 279 g/mol. The van der Waals surface area contributed by atoms with Gasteiger partial charge in [0.2, 0.25) is 0 Å². The molecule has 1 aromatic rings. The highest BCUT2D eigenvalue weighted by molar-refractivity contribution is 7.98. The van der Waals surface area contributed by atoms with Crippen molar-refractivity contribution in [2.24, 2.45) is 0 Å². The van der Waals surface area contributed by atoms with E-state index in [9.17, 15) is 9.90 Å². The molecule has 1 unspecified atom stereocenters. The topological polar surface area (TPSA) is 40.5 Å². The lowest BCUT2D eigenvalue weighted by Gasteiger charge is -2.35. The number of hydrogen-bond donors (Lipinski definition) is 1. The van der Waals surface area contributed by atoms with Gasteiger partial charge >= 0.3 is 5.97 Å². The molecule has 0 saturated carbocycles. The molecule has 1 fully saturated rings. The van der Waals surface area contributed by atoms with Gasteiger partial charge in [-0.05, 0) is 56.8 Å². The maximum atomic E-state index is 11.7. The zero-order valence-corrected chi connectivity index (χ0v) is 12.4. The average Bonchev–Trinajstić information content (AvgIpc) is 2.93. The fraction of sp³-hybridized carbons (Fsp3) is 0.533. The summed E-state index contributed by atoms with van der Waals surface area (Å²) in [6.07, 6.45) is 4.82.